The molecule has 0 unspecified atom stereocenters. The number of aromatic nitrogens is 2. The van der Waals surface area contributed by atoms with E-state index in [1.807, 2.05) is 25.1 Å². The molecule has 1 N–H and O–H groups in total. The lowest BCUT2D eigenvalue weighted by atomic mass is 10.1. The first-order valence-electron chi connectivity index (χ1n) is 9.29. The number of H-pyrrole nitrogens is 1. The Balaban J connectivity index is 1.48. The molecule has 1 fully saturated rings. The van der Waals surface area contributed by atoms with E-state index in [2.05, 4.69) is 9.97 Å². The normalized spacial score (nSPS) is 16.8. The number of carbonyl (C=O) groups excluding carboxylic acids is 3. The molecule has 148 valence electrons. The fraction of sp³-hybridized carbons (Fsp3) is 0.238. The van der Waals surface area contributed by atoms with Crippen molar-refractivity contribution in [1.29, 1.82) is 0 Å². The highest BCUT2D eigenvalue weighted by molar-refractivity contribution is 6.45. The second kappa shape index (κ2) is 7.67. The summed E-state index contributed by atoms with van der Waals surface area (Å²) in [6, 6.07) is 12.0. The first kappa shape index (κ1) is 19.1. The minimum absolute atomic E-state index is 0.0737. The molecule has 3 aromatic rings. The van der Waals surface area contributed by atoms with Crippen molar-refractivity contribution >= 4 is 40.2 Å². The summed E-state index contributed by atoms with van der Waals surface area (Å²) in [5, 5.41) is 0.857. The number of amides is 2. The van der Waals surface area contributed by atoms with Gasteiger partial charge in [-0.15, -0.1) is 0 Å². The maximum Gasteiger partial charge on any atom is 0.295 e. The number of rotatable bonds is 3. The number of halogens is 1. The Morgan fingerprint density at radius 2 is 1.86 bits per heavy atom. The summed E-state index contributed by atoms with van der Waals surface area (Å²) in [6.45, 7) is 2.89. The van der Waals surface area contributed by atoms with Gasteiger partial charge in [-0.05, 0) is 31.2 Å². The fourth-order valence-electron chi connectivity index (χ4n) is 3.62. The molecule has 4 rings (SSSR count). The molecule has 2 aromatic heterocycles. The standard InChI is InChI=1S/C21H19ClN4O3/c1-13-12-25(20(28)14-5-3-2-4-6-14)9-10-26(13)21(29)18(27)16-11-23-19-15(16)7-8-17(22)24-19/h2-8,11,13H,9-10,12H2,1H3,(H,23,24)/t13-/m1/s1. The third-order valence-corrected chi connectivity index (χ3v) is 5.35. The van der Waals surface area contributed by atoms with Crippen molar-refractivity contribution in [2.45, 2.75) is 13.0 Å². The van der Waals surface area contributed by atoms with Crippen molar-refractivity contribution in [1.82, 2.24) is 19.8 Å². The Hall–Kier alpha value is -3.19. The van der Waals surface area contributed by atoms with Gasteiger partial charge < -0.3 is 14.8 Å². The summed E-state index contributed by atoms with van der Waals surface area (Å²) in [5.41, 5.74) is 1.34. The minimum atomic E-state index is -0.602. The van der Waals surface area contributed by atoms with Gasteiger partial charge in [0.2, 0.25) is 0 Å². The number of nitrogens with zero attached hydrogens (tertiary/aromatic N) is 3. The van der Waals surface area contributed by atoms with Crippen LogP contribution in [0.5, 0.6) is 0 Å². The number of piperazine rings is 1. The number of benzene rings is 1. The predicted octanol–water partition coefficient (Wildman–Crippen LogP) is 2.77. The summed E-state index contributed by atoms with van der Waals surface area (Å²) in [6.07, 6.45) is 1.48. The molecule has 1 aliphatic rings. The number of Topliss-reactive ketones (excluding diaryl/α,β-unsaturated/α-hetero) is 1. The van der Waals surface area contributed by atoms with E-state index in [1.54, 1.807) is 29.2 Å². The van der Waals surface area contributed by atoms with Crippen molar-refractivity contribution in [3.05, 3.63) is 64.9 Å². The van der Waals surface area contributed by atoms with Gasteiger partial charge in [-0.1, -0.05) is 29.8 Å². The highest BCUT2D eigenvalue weighted by Crippen LogP contribution is 2.21. The second-order valence-electron chi connectivity index (χ2n) is 7.03. The van der Waals surface area contributed by atoms with Crippen LogP contribution in [0.2, 0.25) is 5.15 Å². The van der Waals surface area contributed by atoms with Crippen LogP contribution in [-0.4, -0.2) is 63.0 Å². The largest absolute Gasteiger partial charge is 0.345 e. The third kappa shape index (κ3) is 3.61. The second-order valence-corrected chi connectivity index (χ2v) is 7.41. The average Bonchev–Trinajstić information content (AvgIpc) is 3.15. The Bertz CT molecular complexity index is 1100. The summed E-state index contributed by atoms with van der Waals surface area (Å²) < 4.78 is 0. The Kier molecular flexibility index (Phi) is 5.07. The zero-order valence-electron chi connectivity index (χ0n) is 15.8. The quantitative estimate of drug-likeness (QED) is 0.408. The number of fused-ring (bicyclic) bond motifs is 1. The lowest BCUT2D eigenvalue weighted by molar-refractivity contribution is -0.130. The lowest BCUT2D eigenvalue weighted by Gasteiger charge is -2.39. The topological polar surface area (TPSA) is 86.4 Å². The van der Waals surface area contributed by atoms with E-state index < -0.39 is 11.7 Å². The van der Waals surface area contributed by atoms with Crippen molar-refractivity contribution in [3.8, 4) is 0 Å². The molecule has 0 saturated carbocycles. The monoisotopic (exact) mass is 410 g/mol. The van der Waals surface area contributed by atoms with E-state index in [0.717, 1.165) is 0 Å². The van der Waals surface area contributed by atoms with E-state index in [-0.39, 0.29) is 17.5 Å². The molecule has 0 bridgehead atoms. The predicted molar refractivity (Wildman–Crippen MR) is 109 cm³/mol. The van der Waals surface area contributed by atoms with E-state index in [9.17, 15) is 14.4 Å². The van der Waals surface area contributed by atoms with Crippen LogP contribution < -0.4 is 0 Å². The molecule has 3 heterocycles. The van der Waals surface area contributed by atoms with Crippen molar-refractivity contribution in [3.63, 3.8) is 0 Å². The lowest BCUT2D eigenvalue weighted by Crippen LogP contribution is -2.56. The molecule has 7 nitrogen and oxygen atoms in total. The number of pyridine rings is 1. The van der Waals surface area contributed by atoms with Crippen LogP contribution in [0.15, 0.2) is 48.7 Å². The van der Waals surface area contributed by atoms with Gasteiger partial charge in [0.15, 0.2) is 0 Å². The van der Waals surface area contributed by atoms with Gasteiger partial charge in [0.05, 0.1) is 5.56 Å². The van der Waals surface area contributed by atoms with Crippen LogP contribution >= 0.6 is 11.6 Å². The molecule has 1 aromatic carbocycles. The molecular formula is C21H19ClN4O3. The van der Waals surface area contributed by atoms with Gasteiger partial charge >= 0.3 is 0 Å². The number of aromatic amines is 1. The van der Waals surface area contributed by atoms with Crippen LogP contribution in [0.1, 0.15) is 27.6 Å². The van der Waals surface area contributed by atoms with Gasteiger partial charge in [-0.2, -0.15) is 0 Å². The van der Waals surface area contributed by atoms with Crippen LogP contribution in [0.4, 0.5) is 0 Å². The summed E-state index contributed by atoms with van der Waals surface area (Å²) in [5.74, 6) is -1.26. The number of nitrogens with one attached hydrogen (secondary N) is 1. The van der Waals surface area contributed by atoms with Crippen LogP contribution in [0.25, 0.3) is 11.0 Å². The number of hydrogen-bond donors (Lipinski definition) is 1. The molecule has 29 heavy (non-hydrogen) atoms. The van der Waals surface area contributed by atoms with E-state index >= 15 is 0 Å². The minimum Gasteiger partial charge on any atom is -0.345 e. The van der Waals surface area contributed by atoms with Crippen molar-refractivity contribution < 1.29 is 14.4 Å². The zero-order valence-corrected chi connectivity index (χ0v) is 16.5. The smallest absolute Gasteiger partial charge is 0.295 e. The Labute approximate surface area is 172 Å². The van der Waals surface area contributed by atoms with Gasteiger partial charge in [-0.25, -0.2) is 4.98 Å². The van der Waals surface area contributed by atoms with Crippen LogP contribution in [0.3, 0.4) is 0 Å². The maximum absolute atomic E-state index is 12.9. The molecule has 1 saturated heterocycles. The first-order valence-corrected chi connectivity index (χ1v) is 9.66. The third-order valence-electron chi connectivity index (χ3n) is 5.14. The SMILES string of the molecule is C[C@@H]1CN(C(=O)c2ccccc2)CCN1C(=O)C(=O)c1c[nH]c2nc(Cl)ccc12. The number of hydrogen-bond acceptors (Lipinski definition) is 4. The summed E-state index contributed by atoms with van der Waals surface area (Å²) in [7, 11) is 0. The highest BCUT2D eigenvalue weighted by Gasteiger charge is 2.34. The van der Waals surface area contributed by atoms with E-state index in [0.29, 0.717) is 41.4 Å². The molecule has 0 aliphatic carbocycles. The molecule has 8 heteroatoms. The molecular weight excluding hydrogens is 392 g/mol. The van der Waals surface area contributed by atoms with Crippen molar-refractivity contribution in [2.24, 2.45) is 0 Å². The molecule has 1 atom stereocenters. The van der Waals surface area contributed by atoms with Gasteiger partial charge in [0, 0.05) is 42.8 Å². The highest BCUT2D eigenvalue weighted by atomic mass is 35.5. The zero-order chi connectivity index (χ0) is 20.5. The van der Waals surface area contributed by atoms with E-state index in [4.69, 9.17) is 11.6 Å². The van der Waals surface area contributed by atoms with Crippen molar-refractivity contribution in [2.75, 3.05) is 19.6 Å². The van der Waals surface area contributed by atoms with Gasteiger partial charge in [-0.3, -0.25) is 14.4 Å². The molecule has 0 radical (unpaired) electrons. The average molecular weight is 411 g/mol. The first-order chi connectivity index (χ1) is 14.0. The maximum atomic E-state index is 12.9. The van der Waals surface area contributed by atoms with Gasteiger partial charge in [0.25, 0.3) is 17.6 Å². The molecule has 2 amide bonds. The number of ketones is 1. The van der Waals surface area contributed by atoms with Crippen LogP contribution in [-0.2, 0) is 4.79 Å². The van der Waals surface area contributed by atoms with Gasteiger partial charge in [0.1, 0.15) is 10.8 Å². The molecule has 0 spiro atoms. The summed E-state index contributed by atoms with van der Waals surface area (Å²) in [4.78, 5) is 48.6. The van der Waals surface area contributed by atoms with E-state index in [1.165, 1.54) is 11.1 Å². The number of carbonyl (C=O) groups is 3. The Morgan fingerprint density at radius 3 is 2.59 bits per heavy atom. The molecule has 1 aliphatic heterocycles. The fourth-order valence-corrected chi connectivity index (χ4v) is 3.77. The van der Waals surface area contributed by atoms with Crippen LogP contribution in [0, 0.1) is 0 Å². The Morgan fingerprint density at radius 1 is 1.10 bits per heavy atom. The summed E-state index contributed by atoms with van der Waals surface area (Å²) >= 11 is 5.87.